The fraction of sp³-hybridized carbons (Fsp3) is 0.600. The number of thiol groups is 1. The zero-order chi connectivity index (χ0) is 9.56. The first-order chi connectivity index (χ1) is 5.61. The molecule has 0 aliphatic carbocycles. The molecular formula is C5H10ClNO4S2. The first-order valence-corrected chi connectivity index (χ1v) is 4.40. The second kappa shape index (κ2) is 8.49. The number of carbonyl (C=O) groups is 2. The number of rotatable bonds is 4. The van der Waals surface area contributed by atoms with Crippen LogP contribution in [-0.4, -0.2) is 35.3 Å². The van der Waals surface area contributed by atoms with Gasteiger partial charge in [0.25, 0.3) is 0 Å². The van der Waals surface area contributed by atoms with Crippen LogP contribution in [0.3, 0.4) is 0 Å². The Labute approximate surface area is 91.5 Å². The lowest BCUT2D eigenvalue weighted by molar-refractivity contribution is -0.138. The van der Waals surface area contributed by atoms with Gasteiger partial charge in [-0.3, -0.25) is 4.79 Å². The highest BCUT2D eigenvalue weighted by Gasteiger charge is 2.16. The third-order valence-electron chi connectivity index (χ3n) is 0.932. The van der Waals surface area contributed by atoms with Crippen LogP contribution in [0.1, 0.15) is 0 Å². The van der Waals surface area contributed by atoms with E-state index in [0.717, 1.165) is 0 Å². The minimum Gasteiger partial charge on any atom is -0.480 e. The molecule has 13 heavy (non-hydrogen) atoms. The van der Waals surface area contributed by atoms with Crippen molar-refractivity contribution in [1.82, 2.24) is 4.72 Å². The zero-order valence-corrected chi connectivity index (χ0v) is 9.25. The summed E-state index contributed by atoms with van der Waals surface area (Å²) in [5, 5.41) is 7.90. The molecule has 0 aliphatic rings. The number of hydrogen-bond donors (Lipinski definition) is 3. The van der Waals surface area contributed by atoms with Crippen molar-refractivity contribution in [3.63, 3.8) is 0 Å². The molecule has 0 aromatic rings. The molecule has 0 unspecified atom stereocenters. The third kappa shape index (κ3) is 7.00. The van der Waals surface area contributed by atoms with Crippen molar-refractivity contribution in [1.29, 1.82) is 0 Å². The maximum atomic E-state index is 10.5. The van der Waals surface area contributed by atoms with Gasteiger partial charge in [0.1, 0.15) is 6.04 Å². The number of halogens is 1. The van der Waals surface area contributed by atoms with Crippen LogP contribution in [-0.2, 0) is 9.53 Å². The average Bonchev–Trinajstić information content (AvgIpc) is 2.04. The van der Waals surface area contributed by atoms with Crippen molar-refractivity contribution in [3.8, 4) is 0 Å². The van der Waals surface area contributed by atoms with Crippen molar-refractivity contribution in [2.45, 2.75) is 6.04 Å². The van der Waals surface area contributed by atoms with E-state index >= 15 is 0 Å². The largest absolute Gasteiger partial charge is 0.480 e. The highest BCUT2D eigenvalue weighted by Crippen LogP contribution is 2.01. The second-order valence-corrected chi connectivity index (χ2v) is 2.89. The van der Waals surface area contributed by atoms with Gasteiger partial charge in [-0.25, -0.2) is 9.52 Å². The molecule has 0 spiro atoms. The number of ether oxygens (including phenoxy) is 1. The Bertz CT molecular complexity index is 180. The standard InChI is InChI=1S/C5H9NO4S2.ClH/c1-10-5(9)12-6-3(2-11)4(7)8;/h3,6,11H,2H2,1H3,(H,7,8);1H/t3-;/m0./s1. The van der Waals surface area contributed by atoms with Gasteiger partial charge in [-0.2, -0.15) is 12.6 Å². The summed E-state index contributed by atoms with van der Waals surface area (Å²) in [7, 11) is 1.22. The minimum absolute atomic E-state index is 0. The van der Waals surface area contributed by atoms with Gasteiger partial charge >= 0.3 is 11.3 Å². The molecule has 8 heteroatoms. The van der Waals surface area contributed by atoms with Crippen LogP contribution >= 0.6 is 37.0 Å². The Morgan fingerprint density at radius 3 is 2.54 bits per heavy atom. The maximum Gasteiger partial charge on any atom is 0.382 e. The smallest absolute Gasteiger partial charge is 0.382 e. The Balaban J connectivity index is 0. The summed E-state index contributed by atoms with van der Waals surface area (Å²) < 4.78 is 6.65. The fourth-order valence-corrected chi connectivity index (χ4v) is 1.20. The van der Waals surface area contributed by atoms with Crippen LogP contribution in [0.4, 0.5) is 4.79 Å². The Kier molecular flexibility index (Phi) is 10.0. The van der Waals surface area contributed by atoms with E-state index in [9.17, 15) is 9.59 Å². The fourth-order valence-electron chi connectivity index (χ4n) is 0.327. The van der Waals surface area contributed by atoms with Crippen molar-refractivity contribution < 1.29 is 19.4 Å². The summed E-state index contributed by atoms with van der Waals surface area (Å²) in [4.78, 5) is 20.9. The lowest BCUT2D eigenvalue weighted by Gasteiger charge is -2.08. The summed E-state index contributed by atoms with van der Waals surface area (Å²) in [6.07, 6.45) is 0. The van der Waals surface area contributed by atoms with Gasteiger partial charge < -0.3 is 9.84 Å². The monoisotopic (exact) mass is 247 g/mol. The molecule has 0 saturated heterocycles. The van der Waals surface area contributed by atoms with Gasteiger partial charge in [0, 0.05) is 17.7 Å². The molecule has 78 valence electrons. The first kappa shape index (κ1) is 15.4. The molecule has 0 saturated carbocycles. The molecule has 1 atom stereocenters. The highest BCUT2D eigenvalue weighted by atomic mass is 35.5. The van der Waals surface area contributed by atoms with Gasteiger partial charge in [-0.15, -0.1) is 12.4 Å². The normalized spacial score (nSPS) is 11.2. The molecule has 5 nitrogen and oxygen atoms in total. The van der Waals surface area contributed by atoms with Gasteiger partial charge in [0.2, 0.25) is 0 Å². The average molecular weight is 248 g/mol. The van der Waals surface area contributed by atoms with E-state index in [4.69, 9.17) is 5.11 Å². The Morgan fingerprint density at radius 1 is 1.69 bits per heavy atom. The first-order valence-electron chi connectivity index (χ1n) is 2.95. The van der Waals surface area contributed by atoms with Crippen molar-refractivity contribution in [3.05, 3.63) is 0 Å². The van der Waals surface area contributed by atoms with Gasteiger partial charge in [0.15, 0.2) is 0 Å². The maximum absolute atomic E-state index is 10.5. The third-order valence-corrected chi connectivity index (χ3v) is 2.03. The van der Waals surface area contributed by atoms with E-state index < -0.39 is 17.3 Å². The lowest BCUT2D eigenvalue weighted by atomic mass is 10.4. The molecule has 0 fully saturated rings. The van der Waals surface area contributed by atoms with Crippen LogP contribution in [0.25, 0.3) is 0 Å². The van der Waals surface area contributed by atoms with Crippen LogP contribution in [0.2, 0.25) is 0 Å². The molecule has 0 heterocycles. The predicted octanol–water partition coefficient (Wildman–Crippen LogP) is 0.795. The van der Waals surface area contributed by atoms with E-state index in [1.54, 1.807) is 0 Å². The lowest BCUT2D eigenvalue weighted by Crippen LogP contribution is -2.34. The molecule has 0 aromatic carbocycles. The van der Waals surface area contributed by atoms with Crippen LogP contribution in [0.5, 0.6) is 0 Å². The van der Waals surface area contributed by atoms with E-state index in [-0.39, 0.29) is 18.2 Å². The van der Waals surface area contributed by atoms with Crippen LogP contribution < -0.4 is 4.72 Å². The Hall–Kier alpha value is -0.110. The number of carboxylic acid groups (broad SMARTS) is 1. The summed E-state index contributed by atoms with van der Waals surface area (Å²) in [6.45, 7) is 0. The van der Waals surface area contributed by atoms with E-state index in [0.29, 0.717) is 11.9 Å². The molecule has 0 amide bonds. The highest BCUT2D eigenvalue weighted by molar-refractivity contribution is 8.11. The van der Waals surface area contributed by atoms with Gasteiger partial charge in [0.05, 0.1) is 7.11 Å². The molecule has 0 aromatic heterocycles. The molecule has 0 rings (SSSR count). The number of methoxy groups -OCH3 is 1. The van der Waals surface area contributed by atoms with Crippen LogP contribution in [0.15, 0.2) is 0 Å². The quantitative estimate of drug-likeness (QED) is 0.388. The van der Waals surface area contributed by atoms with E-state index in [1.165, 1.54) is 7.11 Å². The number of carbonyl (C=O) groups excluding carboxylic acids is 1. The summed E-state index contributed by atoms with van der Waals surface area (Å²) in [6, 6.07) is -0.850. The molecule has 2 N–H and O–H groups in total. The van der Waals surface area contributed by atoms with E-state index in [1.807, 2.05) is 0 Å². The molecule has 0 aliphatic heterocycles. The second-order valence-electron chi connectivity index (χ2n) is 1.75. The number of hydrogen-bond acceptors (Lipinski definition) is 6. The number of aliphatic carboxylic acids is 1. The van der Waals surface area contributed by atoms with Gasteiger partial charge in [-0.1, -0.05) is 0 Å². The molecule has 0 radical (unpaired) electrons. The molecular weight excluding hydrogens is 238 g/mol. The number of carboxylic acids is 1. The Morgan fingerprint density at radius 2 is 2.23 bits per heavy atom. The topological polar surface area (TPSA) is 75.6 Å². The number of nitrogens with one attached hydrogen (secondary N) is 1. The van der Waals surface area contributed by atoms with E-state index in [2.05, 4.69) is 22.1 Å². The van der Waals surface area contributed by atoms with Gasteiger partial charge in [-0.05, 0) is 0 Å². The SMILES string of the molecule is COC(=O)SN[C@@H](CS)C(=O)O.Cl. The molecule has 0 bridgehead atoms. The predicted molar refractivity (Wildman–Crippen MR) is 55.7 cm³/mol. The summed E-state index contributed by atoms with van der Waals surface area (Å²) in [5.74, 6) is -0.944. The van der Waals surface area contributed by atoms with Crippen LogP contribution in [0, 0.1) is 0 Å². The minimum atomic E-state index is -1.05. The summed E-state index contributed by atoms with van der Waals surface area (Å²) in [5.41, 5.74) is 0. The van der Waals surface area contributed by atoms with Crippen molar-refractivity contribution in [2.24, 2.45) is 0 Å². The van der Waals surface area contributed by atoms with Crippen molar-refractivity contribution in [2.75, 3.05) is 12.9 Å². The summed E-state index contributed by atoms with van der Waals surface area (Å²) >= 11 is 4.37. The van der Waals surface area contributed by atoms with Crippen molar-refractivity contribution >= 4 is 48.3 Å². The zero-order valence-electron chi connectivity index (χ0n) is 6.72.